The van der Waals surface area contributed by atoms with Gasteiger partial charge in [0, 0.05) is 30.4 Å². The van der Waals surface area contributed by atoms with E-state index in [1.807, 2.05) is 31.2 Å². The molecule has 1 N–H and O–H groups in total. The van der Waals surface area contributed by atoms with Crippen molar-refractivity contribution < 1.29 is 28.6 Å². The Morgan fingerprint density at radius 1 is 0.865 bits per heavy atom. The Morgan fingerprint density at radius 3 is 2.14 bits per heavy atom. The van der Waals surface area contributed by atoms with Crippen molar-refractivity contribution in [3.63, 3.8) is 0 Å². The van der Waals surface area contributed by atoms with Gasteiger partial charge in [-0.3, -0.25) is 9.59 Å². The fourth-order valence-corrected chi connectivity index (χ4v) is 4.18. The lowest BCUT2D eigenvalue weighted by atomic mass is 10.1. The summed E-state index contributed by atoms with van der Waals surface area (Å²) in [7, 11) is 4.59. The van der Waals surface area contributed by atoms with Crippen LogP contribution in [-0.4, -0.2) is 50.1 Å². The summed E-state index contributed by atoms with van der Waals surface area (Å²) in [6, 6.07) is 17.9. The monoisotopic (exact) mass is 503 g/mol. The van der Waals surface area contributed by atoms with Gasteiger partial charge in [-0.15, -0.1) is 0 Å². The van der Waals surface area contributed by atoms with E-state index in [2.05, 4.69) is 5.32 Å². The molecule has 37 heavy (non-hydrogen) atoms. The Kier molecular flexibility index (Phi) is 7.62. The maximum absolute atomic E-state index is 13.5. The molecule has 0 aliphatic carbocycles. The molecule has 0 bridgehead atoms. The lowest BCUT2D eigenvalue weighted by molar-refractivity contribution is -0.124. The van der Waals surface area contributed by atoms with Gasteiger partial charge >= 0.3 is 6.03 Å². The van der Waals surface area contributed by atoms with E-state index >= 15 is 0 Å². The van der Waals surface area contributed by atoms with Gasteiger partial charge in [-0.1, -0.05) is 29.8 Å². The summed E-state index contributed by atoms with van der Waals surface area (Å²) in [4.78, 5) is 42.7. The molecule has 0 radical (unpaired) electrons. The van der Waals surface area contributed by atoms with Gasteiger partial charge in [-0.2, -0.15) is 0 Å². The normalized spacial score (nSPS) is 15.1. The van der Waals surface area contributed by atoms with Crippen LogP contribution in [0.1, 0.15) is 17.5 Å². The molecule has 0 aromatic heterocycles. The van der Waals surface area contributed by atoms with Crippen LogP contribution in [0, 0.1) is 6.92 Å². The maximum atomic E-state index is 13.5. The van der Waals surface area contributed by atoms with E-state index in [0.29, 0.717) is 28.6 Å². The SMILES string of the molecule is COc1cccc(CN2C(=O)N(c3ccc(C)cc3)C(=O)[C@H]2CC(=O)Nc2cc(OC)cc(OC)c2)c1. The zero-order chi connectivity index (χ0) is 26.5. The number of hydrogen-bond acceptors (Lipinski definition) is 6. The van der Waals surface area contributed by atoms with Gasteiger partial charge in [0.25, 0.3) is 5.91 Å². The zero-order valence-corrected chi connectivity index (χ0v) is 21.2. The average Bonchev–Trinajstić information content (AvgIpc) is 3.12. The van der Waals surface area contributed by atoms with Gasteiger partial charge in [0.05, 0.1) is 33.4 Å². The Labute approximate surface area is 215 Å². The average molecular weight is 504 g/mol. The molecule has 1 atom stereocenters. The van der Waals surface area contributed by atoms with E-state index in [1.165, 1.54) is 19.1 Å². The first-order valence-electron chi connectivity index (χ1n) is 11.7. The molecule has 3 aromatic carbocycles. The quantitative estimate of drug-likeness (QED) is 0.435. The summed E-state index contributed by atoms with van der Waals surface area (Å²) in [6.07, 6.45) is -0.226. The number of anilines is 2. The first kappa shape index (κ1) is 25.6. The molecule has 3 aromatic rings. The number of rotatable bonds is 9. The minimum atomic E-state index is -0.993. The van der Waals surface area contributed by atoms with Crippen LogP contribution in [0.2, 0.25) is 0 Å². The first-order chi connectivity index (χ1) is 17.8. The molecule has 4 amide bonds. The second-order valence-corrected chi connectivity index (χ2v) is 8.64. The topological polar surface area (TPSA) is 97.4 Å². The third-order valence-electron chi connectivity index (χ3n) is 6.11. The van der Waals surface area contributed by atoms with Crippen LogP contribution in [0.15, 0.2) is 66.7 Å². The Morgan fingerprint density at radius 2 is 1.51 bits per heavy atom. The minimum Gasteiger partial charge on any atom is -0.497 e. The molecule has 0 unspecified atom stereocenters. The summed E-state index contributed by atoms with van der Waals surface area (Å²) in [5.74, 6) is 0.754. The van der Waals surface area contributed by atoms with E-state index in [1.54, 1.807) is 49.6 Å². The molecule has 0 saturated carbocycles. The van der Waals surface area contributed by atoms with E-state index in [9.17, 15) is 14.4 Å². The molecule has 192 valence electrons. The molecule has 9 nitrogen and oxygen atoms in total. The highest BCUT2D eigenvalue weighted by Crippen LogP contribution is 2.30. The van der Waals surface area contributed by atoms with Gasteiger partial charge in [0.15, 0.2) is 0 Å². The van der Waals surface area contributed by atoms with Crippen molar-refractivity contribution in [1.29, 1.82) is 0 Å². The number of aryl methyl sites for hydroxylation is 1. The van der Waals surface area contributed by atoms with Crippen LogP contribution < -0.4 is 24.4 Å². The van der Waals surface area contributed by atoms with Crippen molar-refractivity contribution in [2.75, 3.05) is 31.5 Å². The second-order valence-electron chi connectivity index (χ2n) is 8.64. The van der Waals surface area contributed by atoms with E-state index in [4.69, 9.17) is 14.2 Å². The summed E-state index contributed by atoms with van der Waals surface area (Å²) in [5, 5.41) is 2.79. The molecule has 4 rings (SSSR count). The van der Waals surface area contributed by atoms with Crippen LogP contribution in [0.5, 0.6) is 17.2 Å². The van der Waals surface area contributed by atoms with Gasteiger partial charge in [-0.25, -0.2) is 9.69 Å². The first-order valence-corrected chi connectivity index (χ1v) is 11.7. The van der Waals surface area contributed by atoms with Crippen LogP contribution in [-0.2, 0) is 16.1 Å². The van der Waals surface area contributed by atoms with Gasteiger partial charge in [0.2, 0.25) is 5.91 Å². The third kappa shape index (κ3) is 5.66. The third-order valence-corrected chi connectivity index (χ3v) is 6.11. The predicted octanol–water partition coefficient (Wildman–Crippen LogP) is 4.39. The summed E-state index contributed by atoms with van der Waals surface area (Å²) in [6.45, 7) is 2.06. The number of imide groups is 1. The number of benzene rings is 3. The van der Waals surface area contributed by atoms with Crippen molar-refractivity contribution in [3.8, 4) is 17.2 Å². The summed E-state index contributed by atoms with van der Waals surface area (Å²) in [5.41, 5.74) is 2.68. The van der Waals surface area contributed by atoms with Crippen molar-refractivity contribution in [2.24, 2.45) is 0 Å². The van der Waals surface area contributed by atoms with Gasteiger partial charge in [-0.05, 0) is 36.8 Å². The maximum Gasteiger partial charge on any atom is 0.332 e. The largest absolute Gasteiger partial charge is 0.497 e. The highest BCUT2D eigenvalue weighted by atomic mass is 16.5. The standard InChI is InChI=1S/C28H29N3O6/c1-18-8-10-21(11-9-18)31-27(33)25(30(28(31)34)17-19-6-5-7-22(12-19)35-2)16-26(32)29-20-13-23(36-3)15-24(14-20)37-4/h5-15,25H,16-17H2,1-4H3,(H,29,32)/t25-/m1/s1. The van der Waals surface area contributed by atoms with Gasteiger partial charge in [0.1, 0.15) is 23.3 Å². The Balaban J connectivity index is 1.61. The molecule has 1 fully saturated rings. The zero-order valence-electron chi connectivity index (χ0n) is 21.2. The fourth-order valence-electron chi connectivity index (χ4n) is 4.18. The number of ether oxygens (including phenoxy) is 3. The number of amides is 4. The van der Waals surface area contributed by atoms with Crippen molar-refractivity contribution in [1.82, 2.24) is 4.90 Å². The number of methoxy groups -OCH3 is 3. The number of nitrogens with zero attached hydrogens (tertiary/aromatic N) is 2. The van der Waals surface area contributed by atoms with Crippen LogP contribution in [0.3, 0.4) is 0 Å². The number of urea groups is 1. The molecule has 1 aliphatic rings. The van der Waals surface area contributed by atoms with E-state index in [-0.39, 0.29) is 13.0 Å². The smallest absolute Gasteiger partial charge is 0.332 e. The molecular weight excluding hydrogens is 474 g/mol. The minimum absolute atomic E-state index is 0.134. The highest BCUT2D eigenvalue weighted by Gasteiger charge is 2.46. The lowest BCUT2D eigenvalue weighted by Crippen LogP contribution is -2.37. The lowest BCUT2D eigenvalue weighted by Gasteiger charge is -2.22. The molecular formula is C28H29N3O6. The summed E-state index contributed by atoms with van der Waals surface area (Å²) >= 11 is 0. The van der Waals surface area contributed by atoms with Crippen LogP contribution >= 0.6 is 0 Å². The van der Waals surface area contributed by atoms with Crippen molar-refractivity contribution in [3.05, 3.63) is 77.9 Å². The van der Waals surface area contributed by atoms with Gasteiger partial charge < -0.3 is 24.4 Å². The Bertz CT molecular complexity index is 1290. The highest BCUT2D eigenvalue weighted by molar-refractivity contribution is 6.22. The number of carbonyl (C=O) groups excluding carboxylic acids is 3. The summed E-state index contributed by atoms with van der Waals surface area (Å²) < 4.78 is 15.8. The van der Waals surface area contributed by atoms with Crippen LogP contribution in [0.25, 0.3) is 0 Å². The predicted molar refractivity (Wildman–Crippen MR) is 139 cm³/mol. The fraction of sp³-hybridized carbons (Fsp3) is 0.250. The van der Waals surface area contributed by atoms with E-state index in [0.717, 1.165) is 16.0 Å². The van der Waals surface area contributed by atoms with Crippen molar-refractivity contribution >= 4 is 29.2 Å². The molecule has 9 heteroatoms. The molecule has 0 spiro atoms. The molecule has 1 heterocycles. The number of nitrogens with one attached hydrogen (secondary N) is 1. The van der Waals surface area contributed by atoms with Crippen molar-refractivity contribution in [2.45, 2.75) is 25.9 Å². The second kappa shape index (κ2) is 11.0. The Hall–Kier alpha value is -4.53. The number of carbonyl (C=O) groups is 3. The molecule has 1 saturated heterocycles. The molecule has 1 aliphatic heterocycles. The van der Waals surface area contributed by atoms with Crippen LogP contribution in [0.4, 0.5) is 16.2 Å². The van der Waals surface area contributed by atoms with E-state index < -0.39 is 23.9 Å². The number of hydrogen-bond donors (Lipinski definition) is 1.